The molecule has 0 saturated heterocycles. The zero-order valence-electron chi connectivity index (χ0n) is 11.2. The SMILES string of the molecule is CCCCI.O=C(c1ccccc1)c1ccccc1. The number of hydrogen-bond acceptors (Lipinski definition) is 1. The summed E-state index contributed by atoms with van der Waals surface area (Å²) in [6.07, 6.45) is 2.71. The van der Waals surface area contributed by atoms with E-state index in [1.807, 2.05) is 60.7 Å². The lowest BCUT2D eigenvalue weighted by atomic mass is 10.0. The summed E-state index contributed by atoms with van der Waals surface area (Å²) in [5.41, 5.74) is 1.47. The molecule has 0 atom stereocenters. The third-order valence-corrected chi connectivity index (χ3v) is 3.32. The maximum atomic E-state index is 11.8. The van der Waals surface area contributed by atoms with Crippen molar-refractivity contribution in [3.8, 4) is 0 Å². The predicted octanol–water partition coefficient (Wildman–Crippen LogP) is 5.14. The van der Waals surface area contributed by atoms with Gasteiger partial charge in [0.05, 0.1) is 0 Å². The largest absolute Gasteiger partial charge is 0.289 e. The van der Waals surface area contributed by atoms with E-state index in [1.165, 1.54) is 17.3 Å². The van der Waals surface area contributed by atoms with Crippen molar-refractivity contribution < 1.29 is 4.79 Å². The molecule has 2 aromatic rings. The number of unbranched alkanes of at least 4 members (excludes halogenated alkanes) is 1. The molecule has 0 unspecified atom stereocenters. The van der Waals surface area contributed by atoms with Gasteiger partial charge < -0.3 is 0 Å². The number of ketones is 1. The molecule has 1 nitrogen and oxygen atoms in total. The average Bonchev–Trinajstić information content (AvgIpc) is 2.50. The molecule has 2 rings (SSSR count). The summed E-state index contributed by atoms with van der Waals surface area (Å²) in [5, 5.41) is 0. The van der Waals surface area contributed by atoms with E-state index in [0.717, 1.165) is 11.1 Å². The maximum Gasteiger partial charge on any atom is 0.193 e. The van der Waals surface area contributed by atoms with Gasteiger partial charge in [0.15, 0.2) is 5.78 Å². The second-order valence-electron chi connectivity index (χ2n) is 4.10. The van der Waals surface area contributed by atoms with Crippen LogP contribution in [0.15, 0.2) is 60.7 Å². The van der Waals surface area contributed by atoms with E-state index >= 15 is 0 Å². The fourth-order valence-electron chi connectivity index (χ4n) is 1.48. The Labute approximate surface area is 129 Å². The van der Waals surface area contributed by atoms with Crippen LogP contribution < -0.4 is 0 Å². The van der Waals surface area contributed by atoms with Gasteiger partial charge in [-0.3, -0.25) is 4.79 Å². The fraction of sp³-hybridized carbons (Fsp3) is 0.235. The van der Waals surface area contributed by atoms with Gasteiger partial charge in [-0.2, -0.15) is 0 Å². The van der Waals surface area contributed by atoms with Gasteiger partial charge in [-0.15, -0.1) is 0 Å². The standard InChI is InChI=1S/C13H10O.C4H9I/c14-13(11-7-3-1-4-8-11)12-9-5-2-6-10-12;1-2-3-4-5/h1-10H;2-4H2,1H3. The lowest BCUT2D eigenvalue weighted by Crippen LogP contribution is -1.99. The van der Waals surface area contributed by atoms with Gasteiger partial charge in [-0.1, -0.05) is 96.6 Å². The van der Waals surface area contributed by atoms with Crippen molar-refractivity contribution >= 4 is 28.4 Å². The number of hydrogen-bond donors (Lipinski definition) is 0. The molecular weight excluding hydrogens is 347 g/mol. The Bertz CT molecular complexity index is 422. The zero-order valence-corrected chi connectivity index (χ0v) is 13.3. The van der Waals surface area contributed by atoms with Gasteiger partial charge in [0.2, 0.25) is 0 Å². The summed E-state index contributed by atoms with van der Waals surface area (Å²) in [6, 6.07) is 18.6. The molecule has 0 spiro atoms. The number of rotatable bonds is 4. The Morgan fingerprint density at radius 2 is 1.32 bits per heavy atom. The summed E-state index contributed by atoms with van der Waals surface area (Å²) >= 11 is 2.39. The molecule has 2 heteroatoms. The first-order chi connectivity index (χ1) is 9.29. The highest BCUT2D eigenvalue weighted by atomic mass is 127. The molecule has 100 valence electrons. The van der Waals surface area contributed by atoms with E-state index in [4.69, 9.17) is 0 Å². The van der Waals surface area contributed by atoms with Crippen molar-refractivity contribution in [3.63, 3.8) is 0 Å². The number of carbonyl (C=O) groups is 1. The number of alkyl halides is 1. The van der Waals surface area contributed by atoms with E-state index in [0.29, 0.717) is 0 Å². The van der Waals surface area contributed by atoms with Crippen molar-refractivity contribution in [2.24, 2.45) is 0 Å². The van der Waals surface area contributed by atoms with E-state index in [-0.39, 0.29) is 5.78 Å². The molecule has 0 aliphatic rings. The van der Waals surface area contributed by atoms with Gasteiger partial charge in [0.25, 0.3) is 0 Å². The quantitative estimate of drug-likeness (QED) is 0.416. The highest BCUT2D eigenvalue weighted by Gasteiger charge is 2.06. The molecule has 0 heterocycles. The Morgan fingerprint density at radius 1 is 0.895 bits per heavy atom. The van der Waals surface area contributed by atoms with Crippen LogP contribution in [0.5, 0.6) is 0 Å². The topological polar surface area (TPSA) is 17.1 Å². The Hall–Kier alpha value is -1.16. The van der Waals surface area contributed by atoms with Crippen LogP contribution in [-0.4, -0.2) is 10.2 Å². The Morgan fingerprint density at radius 3 is 1.58 bits per heavy atom. The minimum atomic E-state index is 0.0752. The second kappa shape index (κ2) is 9.73. The van der Waals surface area contributed by atoms with Crippen molar-refractivity contribution in [1.29, 1.82) is 0 Å². The molecule has 2 aromatic carbocycles. The first kappa shape index (κ1) is 15.9. The van der Waals surface area contributed by atoms with Gasteiger partial charge in [-0.25, -0.2) is 0 Å². The van der Waals surface area contributed by atoms with Crippen LogP contribution in [0.3, 0.4) is 0 Å². The van der Waals surface area contributed by atoms with Crippen LogP contribution in [-0.2, 0) is 0 Å². The first-order valence-corrected chi connectivity index (χ1v) is 8.03. The van der Waals surface area contributed by atoms with Gasteiger partial charge in [0, 0.05) is 11.1 Å². The van der Waals surface area contributed by atoms with Crippen molar-refractivity contribution in [2.75, 3.05) is 4.43 Å². The van der Waals surface area contributed by atoms with E-state index < -0.39 is 0 Å². The van der Waals surface area contributed by atoms with Gasteiger partial charge in [0.1, 0.15) is 0 Å². The summed E-state index contributed by atoms with van der Waals surface area (Å²) in [7, 11) is 0. The summed E-state index contributed by atoms with van der Waals surface area (Å²) in [5.74, 6) is 0.0752. The lowest BCUT2D eigenvalue weighted by Gasteiger charge is -1.99. The molecular formula is C17H19IO. The van der Waals surface area contributed by atoms with Crippen molar-refractivity contribution in [1.82, 2.24) is 0 Å². The molecule has 0 amide bonds. The molecule has 0 bridgehead atoms. The van der Waals surface area contributed by atoms with E-state index in [9.17, 15) is 4.79 Å². The van der Waals surface area contributed by atoms with Crippen LogP contribution in [0, 0.1) is 0 Å². The smallest absolute Gasteiger partial charge is 0.193 e. The number of carbonyl (C=O) groups excluding carboxylic acids is 1. The summed E-state index contributed by atoms with van der Waals surface area (Å²) in [4.78, 5) is 11.8. The van der Waals surface area contributed by atoms with Gasteiger partial charge >= 0.3 is 0 Å². The minimum absolute atomic E-state index is 0.0752. The van der Waals surface area contributed by atoms with Crippen molar-refractivity contribution in [3.05, 3.63) is 71.8 Å². The monoisotopic (exact) mass is 366 g/mol. The van der Waals surface area contributed by atoms with Crippen LogP contribution in [0.4, 0.5) is 0 Å². The molecule has 0 radical (unpaired) electrons. The third kappa shape index (κ3) is 6.01. The zero-order chi connectivity index (χ0) is 13.9. The maximum absolute atomic E-state index is 11.8. The molecule has 0 saturated carbocycles. The van der Waals surface area contributed by atoms with Crippen LogP contribution >= 0.6 is 22.6 Å². The Balaban J connectivity index is 0.000000312. The molecule has 0 aliphatic carbocycles. The predicted molar refractivity (Wildman–Crippen MR) is 90.1 cm³/mol. The minimum Gasteiger partial charge on any atom is -0.289 e. The number of halogens is 1. The van der Waals surface area contributed by atoms with Crippen LogP contribution in [0.1, 0.15) is 35.7 Å². The van der Waals surface area contributed by atoms with Crippen LogP contribution in [0.2, 0.25) is 0 Å². The average molecular weight is 366 g/mol. The van der Waals surface area contributed by atoms with Crippen molar-refractivity contribution in [2.45, 2.75) is 19.8 Å². The fourth-order valence-corrected chi connectivity index (χ4v) is 2.24. The van der Waals surface area contributed by atoms with Gasteiger partial charge in [-0.05, 0) is 10.8 Å². The highest BCUT2D eigenvalue weighted by molar-refractivity contribution is 14.1. The third-order valence-electron chi connectivity index (χ3n) is 2.56. The normalized spacial score (nSPS) is 9.37. The van der Waals surface area contributed by atoms with E-state index in [1.54, 1.807) is 0 Å². The first-order valence-electron chi connectivity index (χ1n) is 6.50. The molecule has 19 heavy (non-hydrogen) atoms. The summed E-state index contributed by atoms with van der Waals surface area (Å²) < 4.78 is 1.31. The van der Waals surface area contributed by atoms with E-state index in [2.05, 4.69) is 29.5 Å². The number of benzene rings is 2. The van der Waals surface area contributed by atoms with Crippen LogP contribution in [0.25, 0.3) is 0 Å². The highest BCUT2D eigenvalue weighted by Crippen LogP contribution is 2.08. The Kier molecular flexibility index (Phi) is 8.14. The summed E-state index contributed by atoms with van der Waals surface area (Å²) in [6.45, 7) is 2.21. The molecule has 0 aliphatic heterocycles. The second-order valence-corrected chi connectivity index (χ2v) is 5.18. The molecule has 0 fully saturated rings. The molecule has 0 aromatic heterocycles. The lowest BCUT2D eigenvalue weighted by molar-refractivity contribution is 0.103. The molecule has 0 N–H and O–H groups in total.